The number of urea groups is 1. The first-order valence-electron chi connectivity index (χ1n) is 10.6. The molecule has 2 aromatic rings. The molecule has 7 heteroatoms. The number of aromatic nitrogens is 3. The monoisotopic (exact) mass is 384 g/mol. The Balaban J connectivity index is 1.29. The van der Waals surface area contributed by atoms with Crippen LogP contribution in [0.15, 0.2) is 24.4 Å². The smallest absolute Gasteiger partial charge is 0.317 e. The normalized spacial score (nSPS) is 19.9. The van der Waals surface area contributed by atoms with Crippen molar-refractivity contribution >= 4 is 11.7 Å². The highest BCUT2D eigenvalue weighted by molar-refractivity contribution is 5.74. The van der Waals surface area contributed by atoms with E-state index >= 15 is 0 Å². The molecule has 28 heavy (non-hydrogen) atoms. The highest BCUT2D eigenvalue weighted by atomic mass is 16.2. The quantitative estimate of drug-likeness (QED) is 0.880. The molecule has 7 nitrogen and oxygen atoms in total. The lowest BCUT2D eigenvalue weighted by Gasteiger charge is -2.41. The van der Waals surface area contributed by atoms with Crippen LogP contribution in [0.1, 0.15) is 57.7 Å². The number of carbonyl (C=O) groups is 1. The fourth-order valence-corrected chi connectivity index (χ4v) is 4.49. The SMILES string of the molecule is CC(C)(CNC(=O)N1CCC(c2nnc3ccccn23)CC1)N1CCCCC1. The van der Waals surface area contributed by atoms with Gasteiger partial charge >= 0.3 is 6.03 Å². The third-order valence-corrected chi connectivity index (χ3v) is 6.37. The van der Waals surface area contributed by atoms with Gasteiger partial charge in [0.2, 0.25) is 0 Å². The molecule has 2 aromatic heterocycles. The summed E-state index contributed by atoms with van der Waals surface area (Å²) in [5, 5.41) is 11.8. The number of hydrogen-bond acceptors (Lipinski definition) is 4. The van der Waals surface area contributed by atoms with Gasteiger partial charge in [-0.05, 0) is 64.8 Å². The molecule has 0 bridgehead atoms. The van der Waals surface area contributed by atoms with Gasteiger partial charge in [0.1, 0.15) is 5.82 Å². The molecule has 0 spiro atoms. The summed E-state index contributed by atoms with van der Waals surface area (Å²) < 4.78 is 2.07. The van der Waals surface area contributed by atoms with Gasteiger partial charge < -0.3 is 10.2 Å². The first-order chi connectivity index (χ1) is 13.5. The highest BCUT2D eigenvalue weighted by Crippen LogP contribution is 2.27. The van der Waals surface area contributed by atoms with Gasteiger partial charge in [-0.25, -0.2) is 4.79 Å². The Kier molecular flexibility index (Phi) is 5.53. The first kappa shape index (κ1) is 19.2. The molecule has 0 atom stereocenters. The third kappa shape index (κ3) is 3.99. The number of carbonyl (C=O) groups excluding carboxylic acids is 1. The summed E-state index contributed by atoms with van der Waals surface area (Å²) in [5.41, 5.74) is 0.895. The second-order valence-corrected chi connectivity index (χ2v) is 8.77. The molecular formula is C21H32N6O. The zero-order valence-corrected chi connectivity index (χ0v) is 17.1. The van der Waals surface area contributed by atoms with Gasteiger partial charge in [-0.1, -0.05) is 12.5 Å². The van der Waals surface area contributed by atoms with E-state index in [1.165, 1.54) is 19.3 Å². The molecule has 2 saturated heterocycles. The number of piperidine rings is 2. The van der Waals surface area contributed by atoms with Crippen molar-refractivity contribution in [2.24, 2.45) is 0 Å². The maximum absolute atomic E-state index is 12.7. The van der Waals surface area contributed by atoms with Gasteiger partial charge in [-0.3, -0.25) is 9.30 Å². The highest BCUT2D eigenvalue weighted by Gasteiger charge is 2.30. The van der Waals surface area contributed by atoms with Crippen molar-refractivity contribution in [1.82, 2.24) is 29.7 Å². The van der Waals surface area contributed by atoms with E-state index in [0.717, 1.165) is 50.5 Å². The molecule has 0 unspecified atom stereocenters. The molecule has 0 aromatic carbocycles. The third-order valence-electron chi connectivity index (χ3n) is 6.37. The lowest BCUT2D eigenvalue weighted by molar-refractivity contribution is 0.0931. The maximum atomic E-state index is 12.7. The maximum Gasteiger partial charge on any atom is 0.317 e. The number of hydrogen-bond donors (Lipinski definition) is 1. The number of fused-ring (bicyclic) bond motifs is 1. The van der Waals surface area contributed by atoms with Crippen LogP contribution in [0.4, 0.5) is 4.79 Å². The Morgan fingerprint density at radius 3 is 2.61 bits per heavy atom. The average molecular weight is 385 g/mol. The van der Waals surface area contributed by atoms with Crippen molar-refractivity contribution in [1.29, 1.82) is 0 Å². The Morgan fingerprint density at radius 2 is 1.86 bits per heavy atom. The predicted octanol–water partition coefficient (Wildman–Crippen LogP) is 2.88. The van der Waals surface area contributed by atoms with E-state index < -0.39 is 0 Å². The van der Waals surface area contributed by atoms with Crippen LogP contribution in [0.5, 0.6) is 0 Å². The minimum atomic E-state index is 0.00877. The summed E-state index contributed by atoms with van der Waals surface area (Å²) >= 11 is 0. The Bertz CT molecular complexity index is 802. The topological polar surface area (TPSA) is 65.8 Å². The Morgan fingerprint density at radius 1 is 1.11 bits per heavy atom. The number of amides is 2. The molecule has 4 rings (SSSR count). The first-order valence-corrected chi connectivity index (χ1v) is 10.6. The van der Waals surface area contributed by atoms with Gasteiger partial charge in [0.25, 0.3) is 0 Å². The number of nitrogens with one attached hydrogen (secondary N) is 1. The minimum Gasteiger partial charge on any atom is -0.336 e. The van der Waals surface area contributed by atoms with E-state index in [0.29, 0.717) is 12.5 Å². The van der Waals surface area contributed by atoms with Crippen molar-refractivity contribution in [3.05, 3.63) is 30.2 Å². The molecule has 1 N–H and O–H groups in total. The van der Waals surface area contributed by atoms with Crippen molar-refractivity contribution < 1.29 is 4.79 Å². The fourth-order valence-electron chi connectivity index (χ4n) is 4.49. The molecule has 2 aliphatic heterocycles. The van der Waals surface area contributed by atoms with Crippen LogP contribution in [0.3, 0.4) is 0 Å². The van der Waals surface area contributed by atoms with Crippen molar-refractivity contribution in [2.75, 3.05) is 32.7 Å². The van der Waals surface area contributed by atoms with Gasteiger partial charge in [0.15, 0.2) is 5.65 Å². The minimum absolute atomic E-state index is 0.00877. The van der Waals surface area contributed by atoms with Gasteiger partial charge in [-0.2, -0.15) is 0 Å². The molecule has 152 valence electrons. The van der Waals surface area contributed by atoms with E-state index in [1.54, 1.807) is 0 Å². The standard InChI is InChI=1S/C21H32N6O/c1-21(2,26-11-5-3-6-12-26)16-22-20(28)25-14-9-17(10-15-25)19-24-23-18-8-4-7-13-27(18)19/h4,7-8,13,17H,3,5-6,9-12,14-16H2,1-2H3,(H,22,28). The fraction of sp³-hybridized carbons (Fsp3) is 0.667. The summed E-state index contributed by atoms with van der Waals surface area (Å²) in [7, 11) is 0. The summed E-state index contributed by atoms with van der Waals surface area (Å²) in [4.78, 5) is 17.2. The summed E-state index contributed by atoms with van der Waals surface area (Å²) in [5.74, 6) is 1.37. The van der Waals surface area contributed by atoms with Gasteiger partial charge in [0.05, 0.1) is 0 Å². The van der Waals surface area contributed by atoms with E-state index in [2.05, 4.69) is 38.7 Å². The van der Waals surface area contributed by atoms with Crippen LogP contribution < -0.4 is 5.32 Å². The average Bonchev–Trinajstić information content (AvgIpc) is 3.17. The zero-order chi connectivity index (χ0) is 19.6. The largest absolute Gasteiger partial charge is 0.336 e. The molecule has 0 aliphatic carbocycles. The van der Waals surface area contributed by atoms with Crippen LogP contribution in [-0.2, 0) is 0 Å². The van der Waals surface area contributed by atoms with Gasteiger partial charge in [0, 0.05) is 37.3 Å². The lowest BCUT2D eigenvalue weighted by Crippen LogP contribution is -2.55. The van der Waals surface area contributed by atoms with Crippen LogP contribution in [0.25, 0.3) is 5.65 Å². The lowest BCUT2D eigenvalue weighted by atomic mass is 9.96. The van der Waals surface area contributed by atoms with Crippen molar-refractivity contribution in [3.8, 4) is 0 Å². The zero-order valence-electron chi connectivity index (χ0n) is 17.1. The van der Waals surface area contributed by atoms with Crippen LogP contribution in [-0.4, -0.2) is 68.7 Å². The molecular weight excluding hydrogens is 352 g/mol. The Labute approximate surface area is 167 Å². The molecule has 2 aliphatic rings. The second-order valence-electron chi connectivity index (χ2n) is 8.77. The molecule has 2 fully saturated rings. The summed E-state index contributed by atoms with van der Waals surface area (Å²) in [6.45, 7) is 8.98. The van der Waals surface area contributed by atoms with Crippen LogP contribution in [0.2, 0.25) is 0 Å². The predicted molar refractivity (Wildman–Crippen MR) is 109 cm³/mol. The van der Waals surface area contributed by atoms with Crippen molar-refractivity contribution in [2.45, 2.75) is 57.4 Å². The van der Waals surface area contributed by atoms with Crippen molar-refractivity contribution in [3.63, 3.8) is 0 Å². The van der Waals surface area contributed by atoms with E-state index in [1.807, 2.05) is 29.3 Å². The number of pyridine rings is 1. The van der Waals surface area contributed by atoms with E-state index in [9.17, 15) is 4.79 Å². The van der Waals surface area contributed by atoms with E-state index in [-0.39, 0.29) is 11.6 Å². The van der Waals surface area contributed by atoms with Crippen LogP contribution >= 0.6 is 0 Å². The van der Waals surface area contributed by atoms with Crippen LogP contribution in [0, 0.1) is 0 Å². The number of likely N-dealkylation sites (tertiary alicyclic amines) is 2. The molecule has 4 heterocycles. The van der Waals surface area contributed by atoms with Gasteiger partial charge in [-0.15, -0.1) is 10.2 Å². The molecule has 0 radical (unpaired) electrons. The summed E-state index contributed by atoms with van der Waals surface area (Å²) in [6.07, 6.45) is 7.74. The van der Waals surface area contributed by atoms with E-state index in [4.69, 9.17) is 0 Å². The molecule has 2 amide bonds. The number of nitrogens with zero attached hydrogens (tertiary/aromatic N) is 5. The molecule has 0 saturated carbocycles. The summed E-state index contributed by atoms with van der Waals surface area (Å²) in [6, 6.07) is 6.02. The Hall–Kier alpha value is -2.15. The number of rotatable bonds is 4. The second kappa shape index (κ2) is 8.07.